The Hall–Kier alpha value is -2.58. The molecular formula is C25H22Cl2N2O4S. The lowest BCUT2D eigenvalue weighted by Gasteiger charge is -2.31. The number of hydrogen-bond acceptors (Lipinski definition) is 4. The van der Waals surface area contributed by atoms with E-state index in [0.29, 0.717) is 46.3 Å². The van der Waals surface area contributed by atoms with Crippen molar-refractivity contribution in [2.75, 3.05) is 18.4 Å². The Bertz CT molecular complexity index is 1480. The van der Waals surface area contributed by atoms with Crippen molar-refractivity contribution >= 4 is 66.8 Å². The van der Waals surface area contributed by atoms with E-state index in [4.69, 9.17) is 27.6 Å². The summed E-state index contributed by atoms with van der Waals surface area (Å²) in [6, 6.07) is 18.2. The van der Waals surface area contributed by atoms with Crippen LogP contribution in [0.4, 0.5) is 5.69 Å². The van der Waals surface area contributed by atoms with E-state index in [1.807, 2.05) is 36.4 Å². The normalized spacial score (nSPS) is 17.3. The van der Waals surface area contributed by atoms with Crippen molar-refractivity contribution in [3.05, 3.63) is 76.3 Å². The number of anilines is 1. The van der Waals surface area contributed by atoms with E-state index in [1.54, 1.807) is 24.3 Å². The van der Waals surface area contributed by atoms with E-state index in [1.165, 1.54) is 4.31 Å². The Labute approximate surface area is 207 Å². The van der Waals surface area contributed by atoms with Gasteiger partial charge in [0.25, 0.3) is 0 Å². The average Bonchev–Trinajstić information content (AvgIpc) is 3.19. The van der Waals surface area contributed by atoms with Gasteiger partial charge in [0.1, 0.15) is 11.2 Å². The van der Waals surface area contributed by atoms with Crippen LogP contribution in [0.5, 0.6) is 0 Å². The van der Waals surface area contributed by atoms with Crippen LogP contribution in [0.1, 0.15) is 18.4 Å². The second kappa shape index (κ2) is 9.23. The maximum atomic E-state index is 13.1. The molecule has 0 radical (unpaired) electrons. The molecule has 1 amide bonds. The molecule has 0 unspecified atom stereocenters. The molecule has 1 atom stereocenters. The van der Waals surface area contributed by atoms with Crippen molar-refractivity contribution in [2.45, 2.75) is 18.6 Å². The average molecular weight is 517 g/mol. The van der Waals surface area contributed by atoms with Crippen molar-refractivity contribution in [3.63, 3.8) is 0 Å². The van der Waals surface area contributed by atoms with Crippen molar-refractivity contribution in [2.24, 2.45) is 5.92 Å². The summed E-state index contributed by atoms with van der Waals surface area (Å²) < 4.78 is 33.4. The van der Waals surface area contributed by atoms with Crippen LogP contribution in [0.3, 0.4) is 0 Å². The summed E-state index contributed by atoms with van der Waals surface area (Å²) in [6.07, 6.45) is 1.20. The van der Waals surface area contributed by atoms with Gasteiger partial charge in [-0.05, 0) is 43.2 Å². The van der Waals surface area contributed by atoms with Gasteiger partial charge in [0.05, 0.1) is 11.7 Å². The summed E-state index contributed by atoms with van der Waals surface area (Å²) in [6.45, 7) is 0.474. The summed E-state index contributed by atoms with van der Waals surface area (Å²) >= 11 is 12.3. The molecule has 9 heteroatoms. The van der Waals surface area contributed by atoms with Gasteiger partial charge in [-0.2, -0.15) is 0 Å². The summed E-state index contributed by atoms with van der Waals surface area (Å²) in [5.41, 5.74) is 2.45. The molecular weight excluding hydrogens is 495 g/mol. The summed E-state index contributed by atoms with van der Waals surface area (Å²) in [5.74, 6) is -0.981. The molecule has 2 heterocycles. The van der Waals surface area contributed by atoms with Crippen molar-refractivity contribution in [3.8, 4) is 0 Å². The topological polar surface area (TPSA) is 79.6 Å². The Kier molecular flexibility index (Phi) is 6.29. The number of piperidine rings is 1. The minimum atomic E-state index is -3.69. The number of sulfonamides is 1. The Morgan fingerprint density at radius 2 is 1.74 bits per heavy atom. The zero-order chi connectivity index (χ0) is 23.9. The number of rotatable bonds is 5. The minimum absolute atomic E-state index is 0.114. The van der Waals surface area contributed by atoms with Gasteiger partial charge in [0, 0.05) is 51.2 Å². The molecule has 1 fully saturated rings. The molecule has 176 valence electrons. The number of furan rings is 1. The number of nitrogens with zero attached hydrogens (tertiary/aromatic N) is 1. The van der Waals surface area contributed by atoms with Crippen molar-refractivity contribution < 1.29 is 17.6 Å². The third kappa shape index (κ3) is 4.53. The highest BCUT2D eigenvalue weighted by Gasteiger charge is 2.33. The van der Waals surface area contributed by atoms with Gasteiger partial charge < -0.3 is 9.73 Å². The van der Waals surface area contributed by atoms with E-state index in [9.17, 15) is 13.2 Å². The fourth-order valence-electron chi connectivity index (χ4n) is 4.40. The van der Waals surface area contributed by atoms with Crippen LogP contribution in [0.25, 0.3) is 21.9 Å². The largest absolute Gasteiger partial charge is 0.456 e. The van der Waals surface area contributed by atoms with Gasteiger partial charge in [-0.1, -0.05) is 47.5 Å². The number of carbonyl (C=O) groups excluding carboxylic acids is 1. The Morgan fingerprint density at radius 3 is 2.53 bits per heavy atom. The van der Waals surface area contributed by atoms with Crippen LogP contribution in [-0.4, -0.2) is 31.7 Å². The maximum Gasteiger partial charge on any atom is 0.228 e. The molecule has 0 spiro atoms. The molecule has 34 heavy (non-hydrogen) atoms. The molecule has 1 aliphatic rings. The van der Waals surface area contributed by atoms with Gasteiger partial charge in [0.2, 0.25) is 15.9 Å². The van der Waals surface area contributed by atoms with E-state index >= 15 is 0 Å². The first-order valence-electron chi connectivity index (χ1n) is 10.9. The smallest absolute Gasteiger partial charge is 0.228 e. The molecule has 6 nitrogen and oxygen atoms in total. The molecule has 0 aliphatic carbocycles. The summed E-state index contributed by atoms with van der Waals surface area (Å²) in [5, 5.41) is 5.53. The standard InChI is InChI=1S/C25H22Cl2N2O4S/c26-21-7-3-8-22(27)20(21)15-34(31,32)29-12-4-5-16(14-29)25(30)28-17-10-11-19-18-6-1-2-9-23(18)33-24(19)13-17/h1-3,6-11,13,16H,4-5,12,14-15H2,(H,28,30)/t16-/m1/s1. The number of halogens is 2. The van der Waals surface area contributed by atoms with Crippen LogP contribution in [-0.2, 0) is 20.6 Å². The SMILES string of the molecule is O=C(Nc1ccc2c(c1)oc1ccccc12)[C@@H]1CCCN(S(=O)(=O)Cc2c(Cl)cccc2Cl)C1. The summed E-state index contributed by atoms with van der Waals surface area (Å²) in [7, 11) is -3.69. The van der Waals surface area contributed by atoms with Crippen LogP contribution < -0.4 is 5.32 Å². The number of nitrogens with one attached hydrogen (secondary N) is 1. The van der Waals surface area contributed by atoms with Crippen LogP contribution in [0.15, 0.2) is 65.1 Å². The maximum absolute atomic E-state index is 13.1. The predicted octanol–water partition coefficient (Wildman–Crippen LogP) is 6.07. The molecule has 3 aromatic carbocycles. The van der Waals surface area contributed by atoms with E-state index in [2.05, 4.69) is 5.32 Å². The monoisotopic (exact) mass is 516 g/mol. The Balaban J connectivity index is 1.30. The highest BCUT2D eigenvalue weighted by Crippen LogP contribution is 2.32. The highest BCUT2D eigenvalue weighted by molar-refractivity contribution is 7.88. The molecule has 1 aliphatic heterocycles. The third-order valence-corrected chi connectivity index (χ3v) is 8.66. The van der Waals surface area contributed by atoms with E-state index < -0.39 is 15.9 Å². The molecule has 1 N–H and O–H groups in total. The molecule has 4 aromatic rings. The first kappa shape index (κ1) is 23.2. The summed E-state index contributed by atoms with van der Waals surface area (Å²) in [4.78, 5) is 13.0. The minimum Gasteiger partial charge on any atom is -0.456 e. The Morgan fingerprint density at radius 1 is 1.00 bits per heavy atom. The van der Waals surface area contributed by atoms with Crippen molar-refractivity contribution in [1.82, 2.24) is 4.31 Å². The number of amides is 1. The lowest BCUT2D eigenvalue weighted by molar-refractivity contribution is -0.120. The number of para-hydroxylation sites is 1. The zero-order valence-corrected chi connectivity index (χ0v) is 20.5. The second-order valence-electron chi connectivity index (χ2n) is 8.45. The molecule has 1 saturated heterocycles. The lowest BCUT2D eigenvalue weighted by Crippen LogP contribution is -2.44. The lowest BCUT2D eigenvalue weighted by atomic mass is 9.98. The number of benzene rings is 3. The van der Waals surface area contributed by atoms with Gasteiger partial charge >= 0.3 is 0 Å². The number of fused-ring (bicyclic) bond motifs is 3. The number of carbonyl (C=O) groups is 1. The molecule has 5 rings (SSSR count). The number of hydrogen-bond donors (Lipinski definition) is 1. The van der Waals surface area contributed by atoms with E-state index in [-0.39, 0.29) is 18.2 Å². The van der Waals surface area contributed by atoms with Gasteiger partial charge in [-0.15, -0.1) is 0 Å². The fraction of sp³-hybridized carbons (Fsp3) is 0.240. The van der Waals surface area contributed by atoms with Crippen LogP contribution in [0.2, 0.25) is 10.0 Å². The van der Waals surface area contributed by atoms with Crippen molar-refractivity contribution in [1.29, 1.82) is 0 Å². The first-order chi connectivity index (χ1) is 16.3. The highest BCUT2D eigenvalue weighted by atomic mass is 35.5. The first-order valence-corrected chi connectivity index (χ1v) is 13.3. The van der Waals surface area contributed by atoms with Gasteiger partial charge in [-0.3, -0.25) is 4.79 Å². The second-order valence-corrected chi connectivity index (χ2v) is 11.2. The van der Waals surface area contributed by atoms with Gasteiger partial charge in [-0.25, -0.2) is 12.7 Å². The van der Waals surface area contributed by atoms with Gasteiger partial charge in [0.15, 0.2) is 0 Å². The third-order valence-electron chi connectivity index (χ3n) is 6.18. The fourth-order valence-corrected chi connectivity index (χ4v) is 6.76. The molecule has 0 saturated carbocycles. The zero-order valence-electron chi connectivity index (χ0n) is 18.1. The van der Waals surface area contributed by atoms with E-state index in [0.717, 1.165) is 16.4 Å². The molecule has 0 bridgehead atoms. The van der Waals surface area contributed by atoms with Crippen LogP contribution >= 0.6 is 23.2 Å². The van der Waals surface area contributed by atoms with Crippen LogP contribution in [0, 0.1) is 5.92 Å². The predicted molar refractivity (Wildman–Crippen MR) is 136 cm³/mol. The molecule has 1 aromatic heterocycles. The quantitative estimate of drug-likeness (QED) is 0.348.